The standard InChI is InChI=1S/C50H63N5O19S2/c1-29-5-4-6-31-32(10-8-29)37(31)28-73-50(62)54-18-20-70-22-24-72-26-25-71-23-21-69-19-16-41(56)53-17-3-2-7-40(49(60)61)55-47(57)30-9-11-33(36(27-30)48(58)59)42-34-12-14-38(51)45(75(63,64)65)43(34)74-44-35(42)13-15-39(52)46(44)76(66,67)68/h5,9,11-15,27,31-32,37,40,51H,2-4,6-8,10,16-26,28,52H2,1H3,(H,53,56)(H,54,62)(H,55,57)(H,58,59)(H,60,61)(H,63,64,65)(H,66,67,68)/b29-5-,51-38?. The van der Waals surface area contributed by atoms with Gasteiger partial charge in [0.05, 0.1) is 76.1 Å². The summed E-state index contributed by atoms with van der Waals surface area (Å²) in [5.41, 5.74) is 4.37. The second-order valence-electron chi connectivity index (χ2n) is 18.3. The fraction of sp³-hybridized carbons (Fsp3) is 0.480. The molecule has 6 rings (SSSR count). The molecule has 76 heavy (non-hydrogen) atoms. The minimum absolute atomic E-state index is 0.0634. The number of aliphatic carboxylic acids is 1. The molecule has 2 aromatic rings. The van der Waals surface area contributed by atoms with Crippen molar-refractivity contribution in [3.8, 4) is 22.5 Å². The van der Waals surface area contributed by atoms with Crippen LogP contribution in [0.2, 0.25) is 0 Å². The highest BCUT2D eigenvalue weighted by molar-refractivity contribution is 7.86. The number of ether oxygens (including phenoxy) is 5. The van der Waals surface area contributed by atoms with Crippen molar-refractivity contribution in [2.24, 2.45) is 17.8 Å². The van der Waals surface area contributed by atoms with Crippen molar-refractivity contribution >= 4 is 66.7 Å². The van der Waals surface area contributed by atoms with Crippen molar-refractivity contribution in [3.05, 3.63) is 70.6 Å². The van der Waals surface area contributed by atoms with E-state index in [1.54, 1.807) is 0 Å². The number of unbranched alkanes of at least 4 members (excludes halogenated alkanes) is 1. The number of hydrogen-bond donors (Lipinski definition) is 9. The number of alkyl carbamates (subject to hydrolysis) is 1. The number of benzene rings is 3. The molecule has 1 saturated carbocycles. The number of nitrogens with one attached hydrogen (secondary N) is 4. The number of nitrogen functional groups attached to an aromatic ring is 1. The summed E-state index contributed by atoms with van der Waals surface area (Å²) in [6.07, 6.45) is 7.04. The highest BCUT2D eigenvalue weighted by atomic mass is 32.2. The van der Waals surface area contributed by atoms with Crippen LogP contribution in [-0.4, -0.2) is 145 Å². The lowest BCUT2D eigenvalue weighted by Gasteiger charge is -2.20. The van der Waals surface area contributed by atoms with Crippen molar-refractivity contribution in [3.63, 3.8) is 0 Å². The summed E-state index contributed by atoms with van der Waals surface area (Å²) < 4.78 is 103. The predicted octanol–water partition coefficient (Wildman–Crippen LogP) is 4.49. The molecule has 0 spiro atoms. The van der Waals surface area contributed by atoms with Gasteiger partial charge in [-0.3, -0.25) is 24.1 Å². The maximum absolute atomic E-state index is 13.4. The number of hydrogen-bond acceptors (Lipinski definition) is 17. The van der Waals surface area contributed by atoms with E-state index in [-0.39, 0.29) is 79.2 Å². The SMILES string of the molecule is C/C1=C/CCC2C(CC1)C2COC(=O)NCCOCCOCCOCCOCCC(=O)NCCCCC(NC(=O)c1ccc(-c2c3ccc(=N)c(S(=O)(=O)O)c-3oc3c(S(=O)(=O)O)c(N)ccc23)c(C(=O)O)c1)C(=O)O. The molecule has 1 aliphatic heterocycles. The summed E-state index contributed by atoms with van der Waals surface area (Å²) in [5.74, 6) is -3.31. The first-order valence-corrected chi connectivity index (χ1v) is 27.4. The van der Waals surface area contributed by atoms with Gasteiger partial charge in [-0.2, -0.15) is 16.8 Å². The minimum atomic E-state index is -5.26. The fourth-order valence-corrected chi connectivity index (χ4v) is 10.7. The van der Waals surface area contributed by atoms with Crippen LogP contribution in [0.5, 0.6) is 0 Å². The second kappa shape index (κ2) is 27.0. The molecule has 4 unspecified atom stereocenters. The fourth-order valence-electron chi connectivity index (χ4n) is 9.19. The zero-order chi connectivity index (χ0) is 55.2. The normalized spacial score (nSPS) is 17.6. The quantitative estimate of drug-likeness (QED) is 0.0119. The molecular weight excluding hydrogens is 1040 g/mol. The van der Waals surface area contributed by atoms with E-state index in [1.165, 1.54) is 18.1 Å². The Balaban J connectivity index is 0.861. The van der Waals surface area contributed by atoms with Crippen LogP contribution in [0.4, 0.5) is 10.5 Å². The first kappa shape index (κ1) is 58.7. The smallest absolute Gasteiger partial charge is 0.407 e. The molecule has 414 valence electrons. The number of carboxylic acid groups (broad SMARTS) is 2. The van der Waals surface area contributed by atoms with Crippen LogP contribution in [0.1, 0.15) is 79.0 Å². The minimum Gasteiger partial charge on any atom is -0.480 e. The molecule has 4 atom stereocenters. The molecule has 0 saturated heterocycles. The van der Waals surface area contributed by atoms with Gasteiger partial charge < -0.3 is 60.0 Å². The number of allylic oxidation sites excluding steroid dienone is 2. The Morgan fingerprint density at radius 1 is 0.789 bits per heavy atom. The van der Waals surface area contributed by atoms with Gasteiger partial charge >= 0.3 is 18.0 Å². The summed E-state index contributed by atoms with van der Waals surface area (Å²) >= 11 is 0. The van der Waals surface area contributed by atoms with Crippen LogP contribution in [-0.2, 0) is 53.5 Å². The molecule has 4 aliphatic rings. The lowest BCUT2D eigenvalue weighted by Crippen LogP contribution is -2.41. The monoisotopic (exact) mass is 1100 g/mol. The average molecular weight is 1100 g/mol. The summed E-state index contributed by atoms with van der Waals surface area (Å²) in [5, 5.41) is 35.2. The summed E-state index contributed by atoms with van der Waals surface area (Å²) in [7, 11) is -10.5. The molecule has 0 aromatic heterocycles. The number of fused-ring (bicyclic) bond motifs is 3. The Labute approximate surface area is 438 Å². The third-order valence-corrected chi connectivity index (χ3v) is 14.9. The van der Waals surface area contributed by atoms with E-state index in [1.807, 2.05) is 0 Å². The number of carboxylic acids is 2. The average Bonchev–Trinajstić information content (AvgIpc) is 4.02. The van der Waals surface area contributed by atoms with Gasteiger partial charge in [0.1, 0.15) is 6.04 Å². The number of anilines is 1. The van der Waals surface area contributed by atoms with Crippen molar-refractivity contribution in [1.82, 2.24) is 16.0 Å². The topological polar surface area (TPSA) is 380 Å². The van der Waals surface area contributed by atoms with E-state index in [0.29, 0.717) is 70.4 Å². The van der Waals surface area contributed by atoms with Crippen molar-refractivity contribution in [2.75, 3.05) is 78.3 Å². The number of nitrogens with two attached hydrogens (primary N) is 1. The summed E-state index contributed by atoms with van der Waals surface area (Å²) in [4.78, 5) is 60.6. The Morgan fingerprint density at radius 2 is 1.43 bits per heavy atom. The van der Waals surface area contributed by atoms with Crippen molar-refractivity contribution < 1.29 is 88.2 Å². The highest BCUT2D eigenvalue weighted by Crippen LogP contribution is 2.53. The summed E-state index contributed by atoms with van der Waals surface area (Å²) in [6.45, 7) is 5.54. The van der Waals surface area contributed by atoms with Gasteiger partial charge in [0, 0.05) is 41.6 Å². The lowest BCUT2D eigenvalue weighted by molar-refractivity contribution is -0.139. The van der Waals surface area contributed by atoms with E-state index >= 15 is 0 Å². The largest absolute Gasteiger partial charge is 0.480 e. The highest BCUT2D eigenvalue weighted by Gasteiger charge is 2.49. The van der Waals surface area contributed by atoms with E-state index in [2.05, 4.69) is 29.0 Å². The molecule has 2 aromatic carbocycles. The van der Waals surface area contributed by atoms with Crippen LogP contribution >= 0.6 is 0 Å². The maximum Gasteiger partial charge on any atom is 0.407 e. The van der Waals surface area contributed by atoms with Gasteiger partial charge in [-0.15, -0.1) is 0 Å². The van der Waals surface area contributed by atoms with Gasteiger partial charge in [0.15, 0.2) is 21.1 Å². The number of rotatable bonds is 29. The van der Waals surface area contributed by atoms with Crippen LogP contribution in [0.15, 0.2) is 68.3 Å². The molecule has 3 amide bonds. The first-order valence-electron chi connectivity index (χ1n) is 24.5. The second-order valence-corrected chi connectivity index (χ2v) is 21.0. The Morgan fingerprint density at radius 3 is 2.09 bits per heavy atom. The zero-order valence-corrected chi connectivity index (χ0v) is 43.3. The van der Waals surface area contributed by atoms with Gasteiger partial charge in [-0.1, -0.05) is 17.7 Å². The number of aromatic carboxylic acids is 1. The first-order chi connectivity index (χ1) is 36.2. The van der Waals surface area contributed by atoms with Crippen LogP contribution in [0.25, 0.3) is 33.4 Å². The van der Waals surface area contributed by atoms with E-state index < -0.39 is 88.0 Å². The molecule has 1 heterocycles. The van der Waals surface area contributed by atoms with Crippen molar-refractivity contribution in [1.29, 1.82) is 5.41 Å². The van der Waals surface area contributed by atoms with Crippen LogP contribution in [0.3, 0.4) is 0 Å². The van der Waals surface area contributed by atoms with E-state index in [9.17, 15) is 60.1 Å². The molecule has 0 radical (unpaired) electrons. The van der Waals surface area contributed by atoms with Crippen LogP contribution in [0, 0.1) is 23.2 Å². The van der Waals surface area contributed by atoms with E-state index in [0.717, 1.165) is 55.7 Å². The Kier molecular flexibility index (Phi) is 20.9. The number of carbonyl (C=O) groups is 5. The molecule has 3 aliphatic carbocycles. The van der Waals surface area contributed by atoms with Crippen LogP contribution < -0.4 is 27.0 Å². The van der Waals surface area contributed by atoms with Gasteiger partial charge in [0.2, 0.25) is 5.91 Å². The maximum atomic E-state index is 13.4. The zero-order valence-electron chi connectivity index (χ0n) is 41.7. The van der Waals surface area contributed by atoms with Gasteiger partial charge in [-0.25, -0.2) is 14.4 Å². The van der Waals surface area contributed by atoms with Gasteiger partial charge in [0.25, 0.3) is 26.1 Å². The molecule has 24 nitrogen and oxygen atoms in total. The number of carbonyl (C=O) groups excluding carboxylic acids is 3. The van der Waals surface area contributed by atoms with Crippen molar-refractivity contribution in [2.45, 2.75) is 74.1 Å². The number of amides is 3. The van der Waals surface area contributed by atoms with E-state index in [4.69, 9.17) is 39.2 Å². The lowest BCUT2D eigenvalue weighted by atomic mass is 9.89. The molecule has 1 fully saturated rings. The molecular formula is C50H63N5O19S2. The third kappa shape index (κ3) is 16.0. The molecule has 10 N–H and O–H groups in total. The third-order valence-electron chi connectivity index (χ3n) is 13.0. The Hall–Kier alpha value is -6.52. The van der Waals surface area contributed by atoms with Gasteiger partial charge in [-0.05, 0) is 112 Å². The molecule has 0 bridgehead atoms. The Bertz CT molecular complexity index is 3050. The molecule has 26 heteroatoms. The predicted molar refractivity (Wildman–Crippen MR) is 271 cm³/mol. The summed E-state index contributed by atoms with van der Waals surface area (Å²) in [6, 6.07) is 6.08.